The minimum atomic E-state index is -5.70. The van der Waals surface area contributed by atoms with E-state index in [0.29, 0.717) is 6.33 Å². The Hall–Kier alpha value is -1.39. The van der Waals surface area contributed by atoms with Crippen molar-refractivity contribution in [1.82, 2.24) is 20.4 Å². The molecule has 13 heavy (non-hydrogen) atoms. The van der Waals surface area contributed by atoms with Gasteiger partial charge in [-0.3, -0.25) is 4.28 Å². The molecule has 0 amide bonds. The maximum absolute atomic E-state index is 11.6. The number of alkyl halides is 3. The average Bonchev–Trinajstić information content (AvgIpc) is 2.35. The SMILES string of the molecule is O=S(=O)(On1cnnn1)C(F)(F)F. The molecule has 1 aromatic heterocycles. The zero-order chi connectivity index (χ0) is 10.1. The molecule has 0 spiro atoms. The van der Waals surface area contributed by atoms with Crippen LogP contribution < -0.4 is 4.28 Å². The Morgan fingerprint density at radius 2 is 2.00 bits per heavy atom. The highest BCUT2D eigenvalue weighted by Gasteiger charge is 2.49. The lowest BCUT2D eigenvalue weighted by Crippen LogP contribution is -2.33. The fourth-order valence-corrected chi connectivity index (χ4v) is 0.684. The number of tetrazole rings is 1. The number of nitrogens with zero attached hydrogens (tertiary/aromatic N) is 4. The Bertz CT molecular complexity index is 368. The molecule has 0 saturated carbocycles. The molecule has 7 nitrogen and oxygen atoms in total. The number of rotatable bonds is 2. The second-order valence-corrected chi connectivity index (χ2v) is 3.21. The molecule has 1 heterocycles. The zero-order valence-electron chi connectivity index (χ0n) is 5.63. The van der Waals surface area contributed by atoms with Gasteiger partial charge in [0.25, 0.3) is 0 Å². The summed E-state index contributed by atoms with van der Waals surface area (Å²) in [5, 5.41) is 8.50. The predicted molar refractivity (Wildman–Crippen MR) is 29.4 cm³/mol. The van der Waals surface area contributed by atoms with Crippen molar-refractivity contribution in [2.75, 3.05) is 0 Å². The van der Waals surface area contributed by atoms with E-state index >= 15 is 0 Å². The van der Waals surface area contributed by atoms with Crippen molar-refractivity contribution < 1.29 is 25.9 Å². The summed E-state index contributed by atoms with van der Waals surface area (Å²) < 4.78 is 58.8. The Labute approximate surface area is 69.2 Å². The Balaban J connectivity index is 2.87. The number of aromatic nitrogens is 4. The van der Waals surface area contributed by atoms with E-state index in [1.165, 1.54) is 0 Å². The average molecular weight is 218 g/mol. The lowest BCUT2D eigenvalue weighted by atomic mass is 11.4. The fraction of sp³-hybridized carbons (Fsp3) is 0.500. The number of halogens is 3. The third kappa shape index (κ3) is 2.05. The summed E-state index contributed by atoms with van der Waals surface area (Å²) in [7, 11) is -5.70. The smallest absolute Gasteiger partial charge is 0.260 e. The van der Waals surface area contributed by atoms with E-state index < -0.39 is 15.6 Å². The van der Waals surface area contributed by atoms with Crippen LogP contribution in [0.25, 0.3) is 0 Å². The molecule has 0 saturated heterocycles. The quantitative estimate of drug-likeness (QED) is 0.588. The second kappa shape index (κ2) is 2.83. The molecule has 74 valence electrons. The molecule has 0 atom stereocenters. The first-order valence-electron chi connectivity index (χ1n) is 2.57. The summed E-state index contributed by atoms with van der Waals surface area (Å²) in [5.74, 6) is 0. The molecule has 11 heteroatoms. The molecule has 1 aromatic rings. The molecule has 0 aliphatic carbocycles. The van der Waals surface area contributed by atoms with Gasteiger partial charge in [0.2, 0.25) is 0 Å². The summed E-state index contributed by atoms with van der Waals surface area (Å²) in [4.78, 5) is -0.0250. The highest BCUT2D eigenvalue weighted by molar-refractivity contribution is 7.87. The van der Waals surface area contributed by atoms with E-state index in [2.05, 4.69) is 19.8 Å². The van der Waals surface area contributed by atoms with Crippen molar-refractivity contribution in [3.63, 3.8) is 0 Å². The molecule has 1 rings (SSSR count). The summed E-state index contributed by atoms with van der Waals surface area (Å²) in [6, 6.07) is 0. The van der Waals surface area contributed by atoms with Crippen LogP contribution in [0.1, 0.15) is 0 Å². The molecule has 0 N–H and O–H groups in total. The lowest BCUT2D eigenvalue weighted by Gasteiger charge is -2.05. The standard InChI is InChI=1S/C2HF3N4O3S/c3-2(4,5)13(10,11)12-9-1-6-7-8-9/h1H. The monoisotopic (exact) mass is 218 g/mol. The lowest BCUT2D eigenvalue weighted by molar-refractivity contribution is -0.0558. The van der Waals surface area contributed by atoms with Crippen LogP contribution in [-0.2, 0) is 10.1 Å². The first-order chi connectivity index (χ1) is 5.83. The molecule has 0 fully saturated rings. The topological polar surface area (TPSA) is 87.0 Å². The largest absolute Gasteiger partial charge is 0.536 e. The van der Waals surface area contributed by atoms with E-state index in [9.17, 15) is 21.6 Å². The van der Waals surface area contributed by atoms with Gasteiger partial charge < -0.3 is 0 Å². The van der Waals surface area contributed by atoms with E-state index in [1.54, 1.807) is 0 Å². The molecule has 0 unspecified atom stereocenters. The number of hydrogen-bond donors (Lipinski definition) is 0. The van der Waals surface area contributed by atoms with E-state index in [0.717, 1.165) is 0 Å². The normalized spacial score (nSPS) is 12.8. The first kappa shape index (κ1) is 9.70. The van der Waals surface area contributed by atoms with Gasteiger partial charge in [0.1, 0.15) is 0 Å². The summed E-state index contributed by atoms with van der Waals surface area (Å²) in [6.07, 6.45) is 0.559. The molecule has 0 aliphatic rings. The molecule has 0 bridgehead atoms. The second-order valence-electron chi connectivity index (χ2n) is 1.69. The third-order valence-corrected chi connectivity index (χ3v) is 1.70. The summed E-state index contributed by atoms with van der Waals surface area (Å²) in [5.41, 5.74) is -5.50. The zero-order valence-corrected chi connectivity index (χ0v) is 6.45. The van der Waals surface area contributed by atoms with Gasteiger partial charge in [-0.25, -0.2) is 0 Å². The van der Waals surface area contributed by atoms with Gasteiger partial charge in [0.15, 0.2) is 6.33 Å². The van der Waals surface area contributed by atoms with E-state index in [1.807, 2.05) is 0 Å². The van der Waals surface area contributed by atoms with Gasteiger partial charge in [-0.05, 0) is 15.3 Å². The maximum Gasteiger partial charge on any atom is 0.536 e. The summed E-state index contributed by atoms with van der Waals surface area (Å²) in [6.45, 7) is 0. The van der Waals surface area contributed by atoms with Gasteiger partial charge in [-0.1, -0.05) is 0 Å². The van der Waals surface area contributed by atoms with Gasteiger partial charge in [0.05, 0.1) is 0 Å². The van der Waals surface area contributed by atoms with Gasteiger partial charge in [-0.2, -0.15) is 21.6 Å². The predicted octanol–water partition coefficient (Wildman–Crippen LogP) is -1.05. The minimum Gasteiger partial charge on any atom is -0.260 e. The molecule has 0 aliphatic heterocycles. The Kier molecular flexibility index (Phi) is 2.11. The van der Waals surface area contributed by atoms with Crippen LogP contribution in [0.3, 0.4) is 0 Å². The van der Waals surface area contributed by atoms with Crippen molar-refractivity contribution in [3.8, 4) is 0 Å². The van der Waals surface area contributed by atoms with Crippen LogP contribution in [-0.4, -0.2) is 34.3 Å². The summed E-state index contributed by atoms with van der Waals surface area (Å²) >= 11 is 0. The van der Waals surface area contributed by atoms with Gasteiger partial charge >= 0.3 is 15.6 Å². The van der Waals surface area contributed by atoms with Crippen LogP contribution in [0.4, 0.5) is 13.2 Å². The molecule has 0 aromatic carbocycles. The highest BCUT2D eigenvalue weighted by Crippen LogP contribution is 2.22. The van der Waals surface area contributed by atoms with Crippen LogP contribution in [0.15, 0.2) is 6.33 Å². The number of hydrogen-bond acceptors (Lipinski definition) is 6. The van der Waals surface area contributed by atoms with Gasteiger partial charge in [-0.15, -0.1) is 5.10 Å². The van der Waals surface area contributed by atoms with Crippen molar-refractivity contribution >= 4 is 10.1 Å². The molecular formula is C2HF3N4O3S. The van der Waals surface area contributed by atoms with Crippen molar-refractivity contribution in [2.24, 2.45) is 0 Å². The maximum atomic E-state index is 11.6. The van der Waals surface area contributed by atoms with Crippen molar-refractivity contribution in [1.29, 1.82) is 0 Å². The van der Waals surface area contributed by atoms with Crippen LogP contribution in [0, 0.1) is 0 Å². The highest BCUT2D eigenvalue weighted by atomic mass is 32.2. The minimum absolute atomic E-state index is 0.0250. The van der Waals surface area contributed by atoms with Gasteiger partial charge in [0, 0.05) is 0 Å². The molecular weight excluding hydrogens is 217 g/mol. The van der Waals surface area contributed by atoms with Crippen LogP contribution in [0.2, 0.25) is 0 Å². The van der Waals surface area contributed by atoms with Crippen LogP contribution >= 0.6 is 0 Å². The van der Waals surface area contributed by atoms with Crippen LogP contribution in [0.5, 0.6) is 0 Å². The third-order valence-electron chi connectivity index (χ3n) is 0.788. The van der Waals surface area contributed by atoms with E-state index in [4.69, 9.17) is 0 Å². The van der Waals surface area contributed by atoms with E-state index in [-0.39, 0.29) is 4.85 Å². The Morgan fingerprint density at radius 1 is 1.38 bits per heavy atom. The molecule has 0 radical (unpaired) electrons. The fourth-order valence-electron chi connectivity index (χ4n) is 0.330. The van der Waals surface area contributed by atoms with Crippen molar-refractivity contribution in [2.45, 2.75) is 5.51 Å². The first-order valence-corrected chi connectivity index (χ1v) is 3.98. The van der Waals surface area contributed by atoms with Crippen molar-refractivity contribution in [3.05, 3.63) is 6.33 Å². The Morgan fingerprint density at radius 3 is 2.38 bits per heavy atom.